The number of amides is 1. The van der Waals surface area contributed by atoms with Gasteiger partial charge in [-0.2, -0.15) is 5.10 Å². The zero-order valence-electron chi connectivity index (χ0n) is 19.7. The first-order valence-corrected chi connectivity index (χ1v) is 12.0. The number of benzene rings is 1. The first-order valence-electron chi connectivity index (χ1n) is 12.0. The van der Waals surface area contributed by atoms with Gasteiger partial charge in [-0.15, -0.1) is 0 Å². The number of carbonyl (C=O) groups excluding carboxylic acids is 2. The second kappa shape index (κ2) is 10.1. The highest BCUT2D eigenvalue weighted by molar-refractivity contribution is 6.06. The van der Waals surface area contributed by atoms with Crippen LogP contribution in [0.3, 0.4) is 0 Å². The highest BCUT2D eigenvalue weighted by Crippen LogP contribution is 2.32. The lowest BCUT2D eigenvalue weighted by Gasteiger charge is -2.23. The molecule has 0 bridgehead atoms. The van der Waals surface area contributed by atoms with E-state index >= 15 is 0 Å². The van der Waals surface area contributed by atoms with Crippen LogP contribution in [-0.4, -0.2) is 51.2 Å². The monoisotopic (exact) mass is 472 g/mol. The van der Waals surface area contributed by atoms with Gasteiger partial charge >= 0.3 is 5.97 Å². The molecule has 1 aliphatic carbocycles. The van der Waals surface area contributed by atoms with Crippen molar-refractivity contribution in [3.8, 4) is 11.3 Å². The van der Waals surface area contributed by atoms with E-state index in [4.69, 9.17) is 14.1 Å². The molecule has 1 amide bonds. The van der Waals surface area contributed by atoms with Crippen molar-refractivity contribution in [2.45, 2.75) is 32.7 Å². The van der Waals surface area contributed by atoms with E-state index < -0.39 is 0 Å². The van der Waals surface area contributed by atoms with E-state index in [9.17, 15) is 9.59 Å². The average Bonchev–Trinajstić information content (AvgIpc) is 3.38. The summed E-state index contributed by atoms with van der Waals surface area (Å²) >= 11 is 0. The summed E-state index contributed by atoms with van der Waals surface area (Å²) in [6, 6.07) is 15.3. The molecule has 0 aliphatic heterocycles. The van der Waals surface area contributed by atoms with Crippen molar-refractivity contribution in [2.75, 3.05) is 19.7 Å². The van der Waals surface area contributed by atoms with Gasteiger partial charge in [-0.25, -0.2) is 9.67 Å². The number of hydrogen-bond donors (Lipinski definition) is 0. The van der Waals surface area contributed by atoms with Crippen molar-refractivity contribution in [1.29, 1.82) is 0 Å². The molecule has 1 aliphatic rings. The molecule has 1 saturated carbocycles. The first kappa shape index (κ1) is 22.8. The Bertz CT molecular complexity index is 1310. The molecule has 0 atom stereocenters. The molecule has 4 aromatic rings. The molecule has 8 nitrogen and oxygen atoms in total. The third-order valence-corrected chi connectivity index (χ3v) is 6.15. The van der Waals surface area contributed by atoms with Gasteiger partial charge in [0.15, 0.2) is 5.65 Å². The SMILES string of the molecule is CCOC(=O)CCN(CC1CC1)C(=O)c1cc(-c2ccccc2)nc2c1cnn2Cc1ccco1. The maximum absolute atomic E-state index is 13.9. The van der Waals surface area contributed by atoms with Crippen molar-refractivity contribution in [2.24, 2.45) is 5.92 Å². The second-order valence-electron chi connectivity index (χ2n) is 8.79. The zero-order valence-corrected chi connectivity index (χ0v) is 19.7. The van der Waals surface area contributed by atoms with Gasteiger partial charge in [-0.05, 0) is 43.9 Å². The predicted octanol–water partition coefficient (Wildman–Crippen LogP) is 4.55. The molecule has 5 rings (SSSR count). The number of furan rings is 1. The number of rotatable bonds is 10. The van der Waals surface area contributed by atoms with Crippen molar-refractivity contribution in [3.05, 3.63) is 72.3 Å². The third-order valence-electron chi connectivity index (χ3n) is 6.15. The van der Waals surface area contributed by atoms with E-state index in [-0.39, 0.29) is 18.3 Å². The lowest BCUT2D eigenvalue weighted by Crippen LogP contribution is -2.35. The van der Waals surface area contributed by atoms with Crippen LogP contribution in [0.1, 0.15) is 42.3 Å². The van der Waals surface area contributed by atoms with Gasteiger partial charge in [0.2, 0.25) is 0 Å². The number of ether oxygens (including phenoxy) is 1. The molecule has 35 heavy (non-hydrogen) atoms. The fourth-order valence-electron chi connectivity index (χ4n) is 4.16. The fraction of sp³-hybridized carbons (Fsp3) is 0.333. The van der Waals surface area contributed by atoms with Crippen LogP contribution in [-0.2, 0) is 16.1 Å². The maximum Gasteiger partial charge on any atom is 0.307 e. The van der Waals surface area contributed by atoms with E-state index in [1.54, 1.807) is 29.0 Å². The molecular weight excluding hydrogens is 444 g/mol. The van der Waals surface area contributed by atoms with Crippen molar-refractivity contribution < 1.29 is 18.7 Å². The Morgan fingerprint density at radius 3 is 2.71 bits per heavy atom. The third kappa shape index (κ3) is 5.26. The average molecular weight is 473 g/mol. The molecule has 8 heteroatoms. The number of carbonyl (C=O) groups is 2. The minimum atomic E-state index is -0.294. The summed E-state index contributed by atoms with van der Waals surface area (Å²) in [5.41, 5.74) is 2.75. The van der Waals surface area contributed by atoms with Gasteiger partial charge < -0.3 is 14.1 Å². The Morgan fingerprint density at radius 2 is 2.00 bits per heavy atom. The van der Waals surface area contributed by atoms with E-state index in [1.165, 1.54) is 0 Å². The summed E-state index contributed by atoms with van der Waals surface area (Å²) in [5, 5.41) is 5.21. The van der Waals surface area contributed by atoms with Crippen LogP contribution >= 0.6 is 0 Å². The highest BCUT2D eigenvalue weighted by atomic mass is 16.5. The van der Waals surface area contributed by atoms with E-state index in [0.29, 0.717) is 54.4 Å². The minimum absolute atomic E-state index is 0.122. The molecule has 0 N–H and O–H groups in total. The summed E-state index contributed by atoms with van der Waals surface area (Å²) < 4.78 is 12.3. The van der Waals surface area contributed by atoms with Gasteiger partial charge in [0.05, 0.1) is 42.1 Å². The Labute approximate surface area is 203 Å². The van der Waals surface area contributed by atoms with Crippen LogP contribution in [0, 0.1) is 5.92 Å². The van der Waals surface area contributed by atoms with Gasteiger partial charge in [-0.3, -0.25) is 9.59 Å². The molecule has 1 fully saturated rings. The largest absolute Gasteiger partial charge is 0.467 e. The molecule has 0 unspecified atom stereocenters. The van der Waals surface area contributed by atoms with Crippen molar-refractivity contribution >= 4 is 22.9 Å². The molecular formula is C27H28N4O4. The Hall–Kier alpha value is -3.94. The van der Waals surface area contributed by atoms with Crippen LogP contribution in [0.15, 0.2) is 65.4 Å². The van der Waals surface area contributed by atoms with Gasteiger partial charge in [0.25, 0.3) is 5.91 Å². The normalized spacial score (nSPS) is 13.2. The summed E-state index contributed by atoms with van der Waals surface area (Å²) in [6.07, 6.45) is 5.69. The molecule has 0 spiro atoms. The number of aromatic nitrogens is 3. The molecule has 0 saturated heterocycles. The van der Waals surface area contributed by atoms with Crippen LogP contribution in [0.5, 0.6) is 0 Å². The molecule has 1 aromatic carbocycles. The number of esters is 1. The first-order chi connectivity index (χ1) is 17.1. The summed E-state index contributed by atoms with van der Waals surface area (Å²) in [5.74, 6) is 0.814. The van der Waals surface area contributed by atoms with Crippen molar-refractivity contribution in [3.63, 3.8) is 0 Å². The standard InChI is InChI=1S/C27H28N4O4/c1-2-34-25(32)12-13-30(17-19-10-11-19)27(33)22-15-24(20-7-4-3-5-8-20)29-26-23(22)16-28-31(26)18-21-9-6-14-35-21/h3-9,14-16,19H,2,10-13,17-18H2,1H3. The van der Waals surface area contributed by atoms with Gasteiger partial charge in [0, 0.05) is 18.7 Å². The predicted molar refractivity (Wildman–Crippen MR) is 131 cm³/mol. The molecule has 3 aromatic heterocycles. The molecule has 0 radical (unpaired) electrons. The molecule has 180 valence electrons. The number of pyridine rings is 1. The number of nitrogens with zero attached hydrogens (tertiary/aromatic N) is 4. The summed E-state index contributed by atoms with van der Waals surface area (Å²) in [6.45, 7) is 3.46. The van der Waals surface area contributed by atoms with E-state index in [0.717, 1.165) is 24.2 Å². The smallest absolute Gasteiger partial charge is 0.307 e. The quantitative estimate of drug-likeness (QED) is 0.315. The molecule has 3 heterocycles. The topological polar surface area (TPSA) is 90.5 Å². The fourth-order valence-corrected chi connectivity index (χ4v) is 4.16. The number of hydrogen-bond acceptors (Lipinski definition) is 6. The van der Waals surface area contributed by atoms with Gasteiger partial charge in [-0.1, -0.05) is 30.3 Å². The second-order valence-corrected chi connectivity index (χ2v) is 8.79. The Balaban J connectivity index is 1.54. The van der Waals surface area contributed by atoms with Crippen LogP contribution in [0.25, 0.3) is 22.3 Å². The minimum Gasteiger partial charge on any atom is -0.467 e. The summed E-state index contributed by atoms with van der Waals surface area (Å²) in [4.78, 5) is 32.6. The number of fused-ring (bicyclic) bond motifs is 1. The highest BCUT2D eigenvalue weighted by Gasteiger charge is 2.29. The van der Waals surface area contributed by atoms with E-state index in [1.807, 2.05) is 48.5 Å². The van der Waals surface area contributed by atoms with Crippen LogP contribution in [0.4, 0.5) is 0 Å². The Kier molecular flexibility index (Phi) is 6.61. The van der Waals surface area contributed by atoms with Gasteiger partial charge in [0.1, 0.15) is 12.3 Å². The maximum atomic E-state index is 13.9. The Morgan fingerprint density at radius 1 is 1.17 bits per heavy atom. The lowest BCUT2D eigenvalue weighted by atomic mass is 10.1. The lowest BCUT2D eigenvalue weighted by molar-refractivity contribution is -0.143. The van der Waals surface area contributed by atoms with E-state index in [2.05, 4.69) is 5.10 Å². The van der Waals surface area contributed by atoms with Crippen molar-refractivity contribution in [1.82, 2.24) is 19.7 Å². The van der Waals surface area contributed by atoms with Crippen LogP contribution in [0.2, 0.25) is 0 Å². The zero-order chi connectivity index (χ0) is 24.2. The van der Waals surface area contributed by atoms with Crippen LogP contribution < -0.4 is 0 Å². The summed E-state index contributed by atoms with van der Waals surface area (Å²) in [7, 11) is 0.